The van der Waals surface area contributed by atoms with E-state index in [2.05, 4.69) is 36.1 Å². The van der Waals surface area contributed by atoms with E-state index in [0.717, 1.165) is 6.54 Å². The van der Waals surface area contributed by atoms with Crippen molar-refractivity contribution in [3.63, 3.8) is 0 Å². The second kappa shape index (κ2) is 9.16. The van der Waals surface area contributed by atoms with E-state index >= 15 is 4.39 Å². The number of hydrogen-bond donors (Lipinski definition) is 4. The number of rotatable bonds is 6. The number of benzene rings is 1. The first kappa shape index (κ1) is 22.5. The summed E-state index contributed by atoms with van der Waals surface area (Å²) in [7, 11) is 0. The maximum Gasteiger partial charge on any atom is 0.228 e. The number of aromatic nitrogens is 5. The first-order valence-corrected chi connectivity index (χ1v) is 11.4. The summed E-state index contributed by atoms with van der Waals surface area (Å²) in [6.07, 6.45) is 6.56. The Morgan fingerprint density at radius 1 is 1.38 bits per heavy atom. The van der Waals surface area contributed by atoms with Crippen LogP contribution in [0.2, 0.25) is 5.02 Å². The fourth-order valence-corrected chi connectivity index (χ4v) is 4.32. The van der Waals surface area contributed by atoms with Crippen LogP contribution >= 0.6 is 11.6 Å². The van der Waals surface area contributed by atoms with Crippen LogP contribution in [0.5, 0.6) is 0 Å². The number of anilines is 2. The first-order valence-electron chi connectivity index (χ1n) is 11.0. The fourth-order valence-electron chi connectivity index (χ4n) is 4.03. The summed E-state index contributed by atoms with van der Waals surface area (Å²) in [5.41, 5.74) is 2.15. The number of fused-ring (bicyclic) bond motifs is 2. The minimum Gasteiger partial charge on any atom is -0.379 e. The van der Waals surface area contributed by atoms with Crippen LogP contribution in [0.25, 0.3) is 27.8 Å². The van der Waals surface area contributed by atoms with Crippen LogP contribution in [0, 0.1) is 5.82 Å². The molecule has 4 N–H and O–H groups in total. The molecule has 5 rings (SSSR count). The van der Waals surface area contributed by atoms with E-state index in [1.807, 2.05) is 13.8 Å². The molecule has 1 aliphatic rings. The van der Waals surface area contributed by atoms with Crippen molar-refractivity contribution in [1.82, 2.24) is 29.9 Å². The second-order valence-electron chi connectivity index (χ2n) is 8.45. The van der Waals surface area contributed by atoms with Gasteiger partial charge in [0.2, 0.25) is 5.91 Å². The number of nitrogens with one attached hydrogen (secondary N) is 4. The van der Waals surface area contributed by atoms with Gasteiger partial charge >= 0.3 is 0 Å². The zero-order chi connectivity index (χ0) is 23.8. The smallest absolute Gasteiger partial charge is 0.228 e. The predicted molar refractivity (Wildman–Crippen MR) is 128 cm³/mol. The number of carbonyl (C=O) groups excluding carboxylic acids is 1. The maximum absolute atomic E-state index is 15.2. The Hall–Kier alpha value is -3.28. The third-order valence-corrected chi connectivity index (χ3v) is 5.86. The minimum absolute atomic E-state index is 0.00193. The minimum atomic E-state index is -0.581. The molecule has 0 radical (unpaired) electrons. The number of imidazole rings is 1. The van der Waals surface area contributed by atoms with Gasteiger partial charge in [-0.1, -0.05) is 11.6 Å². The molecule has 0 bridgehead atoms. The van der Waals surface area contributed by atoms with Gasteiger partial charge in [-0.05, 0) is 13.8 Å². The summed E-state index contributed by atoms with van der Waals surface area (Å²) < 4.78 is 22.5. The molecule has 1 fully saturated rings. The Balaban J connectivity index is 1.45. The molecular formula is C22H24ClFN8O2. The number of H-pyrrole nitrogens is 1. The Morgan fingerprint density at radius 3 is 3.00 bits per heavy atom. The van der Waals surface area contributed by atoms with E-state index in [9.17, 15) is 4.79 Å². The van der Waals surface area contributed by atoms with Crippen molar-refractivity contribution in [1.29, 1.82) is 0 Å². The Kier molecular flexibility index (Phi) is 6.07. The number of carbonyl (C=O) groups is 1. The summed E-state index contributed by atoms with van der Waals surface area (Å²) in [5, 5.41) is 16.6. The van der Waals surface area contributed by atoms with Crippen LogP contribution in [0.4, 0.5) is 15.9 Å². The van der Waals surface area contributed by atoms with Crippen LogP contribution in [0.1, 0.15) is 20.3 Å². The van der Waals surface area contributed by atoms with Crippen molar-refractivity contribution in [3.8, 4) is 11.3 Å². The van der Waals surface area contributed by atoms with Crippen LogP contribution in [0.3, 0.4) is 0 Å². The fraction of sp³-hybridized carbons (Fsp3) is 0.364. The SMILES string of the molecule is CC(C)Nc1c(F)c(Cl)c(-c2cn3cc(NC(=O)CC4CNCCO4)nc3cn2)c2cn[nH]c12. The molecule has 4 aromatic rings. The van der Waals surface area contributed by atoms with Gasteiger partial charge in [0.15, 0.2) is 17.3 Å². The zero-order valence-corrected chi connectivity index (χ0v) is 19.4. The third-order valence-electron chi connectivity index (χ3n) is 5.51. The van der Waals surface area contributed by atoms with Crippen LogP contribution in [-0.4, -0.2) is 62.3 Å². The average Bonchev–Trinajstić information content (AvgIpc) is 3.43. The third kappa shape index (κ3) is 4.29. The van der Waals surface area contributed by atoms with Gasteiger partial charge in [-0.2, -0.15) is 5.10 Å². The highest BCUT2D eigenvalue weighted by Crippen LogP contribution is 2.40. The summed E-state index contributed by atoms with van der Waals surface area (Å²) in [6, 6.07) is -0.00193. The van der Waals surface area contributed by atoms with E-state index in [-0.39, 0.29) is 35.2 Å². The lowest BCUT2D eigenvalue weighted by Gasteiger charge is -2.22. The molecular weight excluding hydrogens is 463 g/mol. The summed E-state index contributed by atoms with van der Waals surface area (Å²) in [5.74, 6) is -0.388. The summed E-state index contributed by atoms with van der Waals surface area (Å²) in [6.45, 7) is 5.83. The Labute approximate surface area is 199 Å². The number of morpholine rings is 1. The van der Waals surface area contributed by atoms with E-state index < -0.39 is 5.82 Å². The highest BCUT2D eigenvalue weighted by molar-refractivity contribution is 6.35. The molecule has 1 amide bonds. The van der Waals surface area contributed by atoms with E-state index in [1.54, 1.807) is 29.2 Å². The van der Waals surface area contributed by atoms with Crippen LogP contribution < -0.4 is 16.0 Å². The first-order chi connectivity index (χ1) is 16.4. The van der Waals surface area contributed by atoms with Crippen molar-refractivity contribution in [2.75, 3.05) is 30.3 Å². The number of aromatic amines is 1. The van der Waals surface area contributed by atoms with Crippen molar-refractivity contribution in [2.45, 2.75) is 32.4 Å². The van der Waals surface area contributed by atoms with Gasteiger partial charge in [0, 0.05) is 36.3 Å². The molecule has 1 aromatic carbocycles. The molecule has 1 saturated heterocycles. The molecule has 1 aliphatic heterocycles. The van der Waals surface area contributed by atoms with Crippen molar-refractivity contribution < 1.29 is 13.9 Å². The zero-order valence-electron chi connectivity index (χ0n) is 18.7. The lowest BCUT2D eigenvalue weighted by Crippen LogP contribution is -2.40. The van der Waals surface area contributed by atoms with Gasteiger partial charge in [-0.15, -0.1) is 0 Å². The molecule has 1 unspecified atom stereocenters. The van der Waals surface area contributed by atoms with Crippen LogP contribution in [-0.2, 0) is 9.53 Å². The maximum atomic E-state index is 15.2. The van der Waals surface area contributed by atoms with Gasteiger partial charge in [0.1, 0.15) is 0 Å². The molecule has 12 heteroatoms. The molecule has 0 aliphatic carbocycles. The van der Waals surface area contributed by atoms with Crippen molar-refractivity contribution in [3.05, 3.63) is 35.6 Å². The molecule has 34 heavy (non-hydrogen) atoms. The van der Waals surface area contributed by atoms with Gasteiger partial charge in [-0.25, -0.2) is 9.37 Å². The second-order valence-corrected chi connectivity index (χ2v) is 8.83. The van der Waals surface area contributed by atoms with Crippen LogP contribution in [0.15, 0.2) is 24.8 Å². The molecule has 0 saturated carbocycles. The van der Waals surface area contributed by atoms with E-state index in [1.165, 1.54) is 0 Å². The Bertz CT molecular complexity index is 1360. The number of nitrogens with zero attached hydrogens (tertiary/aromatic N) is 4. The molecule has 1 atom stereocenters. The monoisotopic (exact) mass is 486 g/mol. The lowest BCUT2D eigenvalue weighted by atomic mass is 10.1. The standard InChI is InChI=1S/C22H24ClFN8O2/c1-11(2)28-22-20(24)19(23)18(13-7-27-31-21(13)22)14-9-32-10-15(29-16(32)8-26-14)30-17(33)5-12-6-25-3-4-34-12/h7-12,25,28H,3-6H2,1-2H3,(H,27,31)(H,30,33). The molecule has 0 spiro atoms. The molecule has 178 valence electrons. The number of halogens is 2. The van der Waals surface area contributed by atoms with Gasteiger partial charge in [-0.3, -0.25) is 14.9 Å². The number of hydrogen-bond acceptors (Lipinski definition) is 7. The predicted octanol–water partition coefficient (Wildman–Crippen LogP) is 3.20. The quantitative estimate of drug-likeness (QED) is 0.330. The topological polar surface area (TPSA) is 121 Å². The normalized spacial score (nSPS) is 16.4. The van der Waals surface area contributed by atoms with Crippen molar-refractivity contribution >= 4 is 45.6 Å². The lowest BCUT2D eigenvalue weighted by molar-refractivity contribution is -0.119. The number of ether oxygens (including phenoxy) is 1. The number of amides is 1. The summed E-state index contributed by atoms with van der Waals surface area (Å²) in [4.78, 5) is 21.2. The summed E-state index contributed by atoms with van der Waals surface area (Å²) >= 11 is 6.47. The average molecular weight is 487 g/mol. The molecule has 10 nitrogen and oxygen atoms in total. The largest absolute Gasteiger partial charge is 0.379 e. The highest BCUT2D eigenvalue weighted by atomic mass is 35.5. The van der Waals surface area contributed by atoms with Gasteiger partial charge in [0.25, 0.3) is 0 Å². The molecule has 4 heterocycles. The molecule has 3 aromatic heterocycles. The van der Waals surface area contributed by atoms with E-state index in [4.69, 9.17) is 16.3 Å². The van der Waals surface area contributed by atoms with Gasteiger partial charge in [0.05, 0.1) is 59.6 Å². The highest BCUT2D eigenvalue weighted by Gasteiger charge is 2.23. The van der Waals surface area contributed by atoms with E-state index in [0.29, 0.717) is 46.8 Å². The Morgan fingerprint density at radius 2 is 2.24 bits per heavy atom. The van der Waals surface area contributed by atoms with Crippen molar-refractivity contribution in [2.24, 2.45) is 0 Å². The van der Waals surface area contributed by atoms with Gasteiger partial charge < -0.3 is 25.1 Å².